The van der Waals surface area contributed by atoms with Gasteiger partial charge in [-0.2, -0.15) is 4.31 Å². The summed E-state index contributed by atoms with van der Waals surface area (Å²) < 4.78 is 65.7. The molecule has 1 N–H and O–H groups in total. The van der Waals surface area contributed by atoms with E-state index in [-0.39, 0.29) is 0 Å². The zero-order valence-electron chi connectivity index (χ0n) is 10.1. The Labute approximate surface area is 122 Å². The van der Waals surface area contributed by atoms with Crippen LogP contribution in [0.3, 0.4) is 0 Å². The predicted octanol–water partition coefficient (Wildman–Crippen LogP) is 1.98. The maximum atomic E-state index is 13.7. The van der Waals surface area contributed by atoms with Crippen molar-refractivity contribution in [1.82, 2.24) is 4.31 Å². The Balaban J connectivity index is 2.44. The summed E-state index contributed by atoms with van der Waals surface area (Å²) in [6.07, 6.45) is -0.777. The number of hydrogen-bond acceptors (Lipinski definition) is 3. The number of sulfonamides is 1. The van der Waals surface area contributed by atoms with Crippen LogP contribution >= 0.6 is 15.9 Å². The lowest BCUT2D eigenvalue weighted by Gasteiger charge is -2.22. The van der Waals surface area contributed by atoms with Gasteiger partial charge in [-0.05, 0) is 18.2 Å². The minimum Gasteiger partial charge on any atom is -0.395 e. The summed E-state index contributed by atoms with van der Waals surface area (Å²) in [7, 11) is -4.42. The standard InChI is InChI=1S/C11H11BrF3NO3S/c12-7-1-2-10(9(13)3-7)20(18,19)16-6-11(14,15)4-8(16)5-17/h1-3,8,17H,4-6H2. The monoisotopic (exact) mass is 373 g/mol. The molecule has 2 rings (SSSR count). The molecular weight excluding hydrogens is 363 g/mol. The van der Waals surface area contributed by atoms with Crippen molar-refractivity contribution >= 4 is 26.0 Å². The molecule has 1 aliphatic rings. The third kappa shape index (κ3) is 2.85. The molecule has 0 aliphatic carbocycles. The van der Waals surface area contributed by atoms with Crippen molar-refractivity contribution in [2.75, 3.05) is 13.2 Å². The molecule has 0 amide bonds. The van der Waals surface area contributed by atoms with Crippen molar-refractivity contribution in [3.05, 3.63) is 28.5 Å². The highest BCUT2D eigenvalue weighted by atomic mass is 79.9. The fourth-order valence-electron chi connectivity index (χ4n) is 2.12. The van der Waals surface area contributed by atoms with Crippen molar-refractivity contribution in [1.29, 1.82) is 0 Å². The summed E-state index contributed by atoms with van der Waals surface area (Å²) in [6, 6.07) is 1.99. The number of halogens is 4. The van der Waals surface area contributed by atoms with E-state index >= 15 is 0 Å². The highest BCUT2D eigenvalue weighted by Crippen LogP contribution is 2.36. The molecule has 0 aromatic heterocycles. The molecule has 0 bridgehead atoms. The molecule has 0 radical (unpaired) electrons. The lowest BCUT2D eigenvalue weighted by Crippen LogP contribution is -2.38. The van der Waals surface area contributed by atoms with Crippen molar-refractivity contribution in [2.45, 2.75) is 23.3 Å². The number of benzene rings is 1. The molecule has 1 heterocycles. The maximum absolute atomic E-state index is 13.7. The molecule has 9 heteroatoms. The predicted molar refractivity (Wildman–Crippen MR) is 68.4 cm³/mol. The van der Waals surface area contributed by atoms with E-state index in [1.807, 2.05) is 0 Å². The van der Waals surface area contributed by atoms with E-state index in [2.05, 4.69) is 15.9 Å². The molecule has 1 saturated heterocycles. The SMILES string of the molecule is O=S(=O)(c1ccc(Br)cc1F)N1CC(F)(F)CC1CO. The zero-order valence-corrected chi connectivity index (χ0v) is 12.5. The minimum atomic E-state index is -4.42. The van der Waals surface area contributed by atoms with Gasteiger partial charge in [0.05, 0.1) is 19.2 Å². The van der Waals surface area contributed by atoms with Gasteiger partial charge < -0.3 is 5.11 Å². The normalized spacial score (nSPS) is 23.1. The minimum absolute atomic E-state index is 0.333. The molecule has 0 spiro atoms. The van der Waals surface area contributed by atoms with Crippen LogP contribution in [0.1, 0.15) is 6.42 Å². The van der Waals surface area contributed by atoms with Crippen LogP contribution < -0.4 is 0 Å². The molecule has 4 nitrogen and oxygen atoms in total. The second kappa shape index (κ2) is 5.28. The molecule has 1 aliphatic heterocycles. The maximum Gasteiger partial charge on any atom is 0.263 e. The number of aliphatic hydroxyl groups excluding tert-OH is 1. The fraction of sp³-hybridized carbons (Fsp3) is 0.455. The summed E-state index contributed by atoms with van der Waals surface area (Å²) in [6.45, 7) is -1.80. The zero-order chi connectivity index (χ0) is 15.1. The van der Waals surface area contributed by atoms with Crippen molar-refractivity contribution in [3.63, 3.8) is 0 Å². The summed E-state index contributed by atoms with van der Waals surface area (Å²) in [5.74, 6) is -4.27. The Morgan fingerprint density at radius 2 is 2.10 bits per heavy atom. The van der Waals surface area contributed by atoms with Gasteiger partial charge >= 0.3 is 0 Å². The Bertz CT molecular complexity index is 623. The number of rotatable bonds is 3. The van der Waals surface area contributed by atoms with Crippen molar-refractivity contribution < 1.29 is 26.7 Å². The Morgan fingerprint density at radius 1 is 1.45 bits per heavy atom. The molecule has 112 valence electrons. The largest absolute Gasteiger partial charge is 0.395 e. The summed E-state index contributed by atoms with van der Waals surface area (Å²) in [5, 5.41) is 9.05. The molecule has 1 unspecified atom stereocenters. The quantitative estimate of drug-likeness (QED) is 0.881. The highest BCUT2D eigenvalue weighted by molar-refractivity contribution is 9.10. The Morgan fingerprint density at radius 3 is 2.65 bits per heavy atom. The van der Waals surface area contributed by atoms with Gasteiger partial charge in [0.15, 0.2) is 0 Å². The lowest BCUT2D eigenvalue weighted by molar-refractivity contribution is 0.0161. The first kappa shape index (κ1) is 15.7. The number of nitrogens with zero attached hydrogens (tertiary/aromatic N) is 1. The first-order valence-corrected chi connectivity index (χ1v) is 7.86. The van der Waals surface area contributed by atoms with E-state index in [9.17, 15) is 21.6 Å². The fourth-order valence-corrected chi connectivity index (χ4v) is 4.14. The smallest absolute Gasteiger partial charge is 0.263 e. The van der Waals surface area contributed by atoms with E-state index in [0.29, 0.717) is 8.78 Å². The average Bonchev–Trinajstić information content (AvgIpc) is 2.65. The van der Waals surface area contributed by atoms with Gasteiger partial charge in [0.25, 0.3) is 5.92 Å². The van der Waals surface area contributed by atoms with Gasteiger partial charge in [-0.15, -0.1) is 0 Å². The van der Waals surface area contributed by atoms with Gasteiger partial charge in [0.1, 0.15) is 10.7 Å². The Hall–Kier alpha value is -0.640. The van der Waals surface area contributed by atoms with Gasteiger partial charge in [-0.3, -0.25) is 0 Å². The van der Waals surface area contributed by atoms with Crippen LogP contribution in [0.25, 0.3) is 0 Å². The van der Waals surface area contributed by atoms with Crippen molar-refractivity contribution in [3.8, 4) is 0 Å². The van der Waals surface area contributed by atoms with Crippen LogP contribution in [0.15, 0.2) is 27.6 Å². The second-order valence-corrected chi connectivity index (χ2v) is 7.30. The van der Waals surface area contributed by atoms with E-state index in [1.165, 1.54) is 6.07 Å². The third-order valence-electron chi connectivity index (χ3n) is 3.02. The van der Waals surface area contributed by atoms with Gasteiger partial charge in [-0.25, -0.2) is 21.6 Å². The highest BCUT2D eigenvalue weighted by Gasteiger charge is 2.50. The molecule has 1 aromatic carbocycles. The third-order valence-corrected chi connectivity index (χ3v) is 5.44. The van der Waals surface area contributed by atoms with E-state index in [0.717, 1.165) is 12.1 Å². The van der Waals surface area contributed by atoms with Crippen LogP contribution in [0.2, 0.25) is 0 Å². The van der Waals surface area contributed by atoms with Crippen LogP contribution in [-0.4, -0.2) is 42.9 Å². The molecule has 1 fully saturated rings. The van der Waals surface area contributed by atoms with Crippen LogP contribution in [0, 0.1) is 5.82 Å². The van der Waals surface area contributed by atoms with Crippen molar-refractivity contribution in [2.24, 2.45) is 0 Å². The molecule has 20 heavy (non-hydrogen) atoms. The molecule has 0 saturated carbocycles. The van der Waals surface area contributed by atoms with E-state index in [1.54, 1.807) is 0 Å². The van der Waals surface area contributed by atoms with Gasteiger partial charge in [-0.1, -0.05) is 15.9 Å². The second-order valence-electron chi connectivity index (χ2n) is 4.52. The Kier molecular flexibility index (Phi) is 4.16. The molecule has 1 atom stereocenters. The van der Waals surface area contributed by atoms with E-state index < -0.39 is 52.3 Å². The van der Waals surface area contributed by atoms with Crippen LogP contribution in [-0.2, 0) is 10.0 Å². The molecular formula is C11H11BrF3NO3S. The van der Waals surface area contributed by atoms with Gasteiger partial charge in [0, 0.05) is 10.9 Å². The summed E-state index contributed by atoms with van der Waals surface area (Å²) >= 11 is 2.98. The number of hydrogen-bond donors (Lipinski definition) is 1. The van der Waals surface area contributed by atoms with Crippen LogP contribution in [0.5, 0.6) is 0 Å². The van der Waals surface area contributed by atoms with E-state index in [4.69, 9.17) is 5.11 Å². The topological polar surface area (TPSA) is 57.6 Å². The van der Waals surface area contributed by atoms with Gasteiger partial charge in [0.2, 0.25) is 10.0 Å². The first-order chi connectivity index (χ1) is 9.17. The number of aliphatic hydroxyl groups is 1. The summed E-state index contributed by atoms with van der Waals surface area (Å²) in [5.41, 5.74) is 0. The first-order valence-electron chi connectivity index (χ1n) is 5.63. The number of alkyl halides is 2. The van der Waals surface area contributed by atoms with Crippen LogP contribution in [0.4, 0.5) is 13.2 Å². The molecule has 1 aromatic rings. The average molecular weight is 374 g/mol. The summed E-state index contributed by atoms with van der Waals surface area (Å²) in [4.78, 5) is -0.683. The lowest BCUT2D eigenvalue weighted by atomic mass is 10.2.